The van der Waals surface area contributed by atoms with Gasteiger partial charge in [-0.1, -0.05) is 0 Å². The minimum Gasteiger partial charge on any atom is -0.390 e. The molecule has 2 heterocycles. The Morgan fingerprint density at radius 1 is 0.840 bits per heavy atom. The van der Waals surface area contributed by atoms with Crippen molar-refractivity contribution in [3.05, 3.63) is 0 Å². The predicted octanol–water partition coefficient (Wildman–Crippen LogP) is -2.48. The molecular weight excluding hydrogens is 376 g/mol. The first kappa shape index (κ1) is 21.6. The second kappa shape index (κ2) is 9.51. The summed E-state index contributed by atoms with van der Waals surface area (Å²) in [6.07, 6.45) is -11.7. The third-order valence-electron chi connectivity index (χ3n) is 4.42. The van der Waals surface area contributed by atoms with Crippen LogP contribution in [-0.2, 0) is 18.9 Å². The fourth-order valence-electron chi connectivity index (χ4n) is 2.91. The van der Waals surface area contributed by atoms with Gasteiger partial charge in [-0.2, -0.15) is 25.3 Å². The lowest BCUT2D eigenvalue weighted by Gasteiger charge is -2.43. The molecule has 2 aliphatic rings. The lowest BCUT2D eigenvalue weighted by Crippen LogP contribution is -2.61. The average Bonchev–Trinajstić information content (AvgIpc) is 2.70. The van der Waals surface area contributed by atoms with Gasteiger partial charge >= 0.3 is 0 Å². The van der Waals surface area contributed by atoms with Crippen molar-refractivity contribution < 1.29 is 44.5 Å². The van der Waals surface area contributed by atoms with E-state index < -0.39 is 61.4 Å². The number of thiol groups is 2. The largest absolute Gasteiger partial charge is 0.390 e. The Morgan fingerprint density at radius 2 is 1.44 bits per heavy atom. The molecule has 0 bridgehead atoms. The molecule has 0 spiro atoms. The van der Waals surface area contributed by atoms with Crippen LogP contribution >= 0.6 is 25.3 Å². The number of aliphatic hydroxyl groups is 5. The van der Waals surface area contributed by atoms with Crippen LogP contribution in [0.2, 0.25) is 0 Å². The fourth-order valence-corrected chi connectivity index (χ4v) is 3.53. The summed E-state index contributed by atoms with van der Waals surface area (Å²) in [6.45, 7) is 0. The number of ether oxygens (including phenoxy) is 4. The van der Waals surface area contributed by atoms with E-state index in [0.717, 1.165) is 0 Å². The van der Waals surface area contributed by atoms with Gasteiger partial charge < -0.3 is 44.5 Å². The number of hydrogen-bond donors (Lipinski definition) is 7. The minimum atomic E-state index is -1.47. The Kier molecular flexibility index (Phi) is 8.23. The maximum atomic E-state index is 10.3. The highest BCUT2D eigenvalue weighted by Gasteiger charge is 2.48. The molecule has 2 aliphatic heterocycles. The van der Waals surface area contributed by atoms with Gasteiger partial charge in [0.1, 0.15) is 24.4 Å². The molecule has 5 N–H and O–H groups in total. The molecule has 0 aromatic carbocycles. The van der Waals surface area contributed by atoms with Crippen LogP contribution in [0.25, 0.3) is 0 Å². The molecule has 0 aliphatic carbocycles. The third kappa shape index (κ3) is 4.79. The maximum absolute atomic E-state index is 10.3. The Bertz CT molecular complexity index is 416. The lowest BCUT2D eigenvalue weighted by molar-refractivity contribution is -0.328. The van der Waals surface area contributed by atoms with Crippen LogP contribution in [0, 0.1) is 0 Å². The van der Waals surface area contributed by atoms with E-state index >= 15 is 0 Å². The van der Waals surface area contributed by atoms with E-state index in [2.05, 4.69) is 25.3 Å². The Morgan fingerprint density at radius 3 is 2.00 bits per heavy atom. The molecule has 9 nitrogen and oxygen atoms in total. The molecule has 0 radical (unpaired) electrons. The van der Waals surface area contributed by atoms with Crippen LogP contribution in [0.3, 0.4) is 0 Å². The van der Waals surface area contributed by atoms with Gasteiger partial charge in [0, 0.05) is 25.0 Å². The topological polar surface area (TPSA) is 138 Å². The Labute approximate surface area is 156 Å². The molecular formula is C14H26O9S2. The van der Waals surface area contributed by atoms with Gasteiger partial charge in [-0.15, -0.1) is 0 Å². The van der Waals surface area contributed by atoms with Crippen molar-refractivity contribution >= 4 is 25.3 Å². The Hall–Kier alpha value is 0.340. The Balaban J connectivity index is 2.16. The number of aliphatic hydroxyl groups excluding tert-OH is 5. The standard InChI is InChI=1S/C14H26O9S2/c1-20-13-11(19)10(18)12(8(4-25)22-13)23-14-9(17)6(16)2-5(15)7(3-24)21-14/h5-19,24-25H,2-4H2,1H3/t5?,6?,7?,8?,9?,10?,11?,12-,13-,14+/m1/s1. The zero-order chi connectivity index (χ0) is 18.7. The van der Waals surface area contributed by atoms with E-state index in [9.17, 15) is 25.5 Å². The van der Waals surface area contributed by atoms with Gasteiger partial charge in [-0.05, 0) is 0 Å². The van der Waals surface area contributed by atoms with Crippen molar-refractivity contribution in [3.8, 4) is 0 Å². The molecule has 148 valence electrons. The van der Waals surface area contributed by atoms with Crippen molar-refractivity contribution in [3.63, 3.8) is 0 Å². The van der Waals surface area contributed by atoms with Gasteiger partial charge in [-0.25, -0.2) is 0 Å². The van der Waals surface area contributed by atoms with Crippen LogP contribution in [-0.4, -0.2) is 106 Å². The van der Waals surface area contributed by atoms with Gasteiger partial charge in [0.15, 0.2) is 12.6 Å². The summed E-state index contributed by atoms with van der Waals surface area (Å²) >= 11 is 8.23. The smallest absolute Gasteiger partial charge is 0.187 e. The van der Waals surface area contributed by atoms with E-state index in [1.54, 1.807) is 0 Å². The van der Waals surface area contributed by atoms with E-state index in [4.69, 9.17) is 18.9 Å². The number of methoxy groups -OCH3 is 1. The van der Waals surface area contributed by atoms with Crippen LogP contribution in [0.1, 0.15) is 6.42 Å². The number of hydrogen-bond acceptors (Lipinski definition) is 11. The second-order valence-electron chi connectivity index (χ2n) is 6.13. The van der Waals surface area contributed by atoms with Crippen molar-refractivity contribution in [2.24, 2.45) is 0 Å². The molecule has 2 rings (SSSR count). The van der Waals surface area contributed by atoms with Crippen LogP contribution in [0.15, 0.2) is 0 Å². The van der Waals surface area contributed by atoms with Crippen molar-refractivity contribution in [2.45, 2.75) is 67.8 Å². The molecule has 0 aromatic rings. The normalized spacial score (nSPS) is 49.0. The number of rotatable bonds is 5. The van der Waals surface area contributed by atoms with E-state index in [1.165, 1.54) is 7.11 Å². The van der Waals surface area contributed by atoms with E-state index in [1.807, 2.05) is 0 Å². The molecule has 2 saturated heterocycles. The second-order valence-corrected chi connectivity index (χ2v) is 6.86. The zero-order valence-electron chi connectivity index (χ0n) is 13.7. The quantitative estimate of drug-likeness (QED) is 0.249. The summed E-state index contributed by atoms with van der Waals surface area (Å²) < 4.78 is 21.6. The maximum Gasteiger partial charge on any atom is 0.187 e. The van der Waals surface area contributed by atoms with Crippen LogP contribution in [0.4, 0.5) is 0 Å². The summed E-state index contributed by atoms with van der Waals surface area (Å²) in [4.78, 5) is 0. The molecule has 25 heavy (non-hydrogen) atoms. The van der Waals surface area contributed by atoms with Gasteiger partial charge in [-0.3, -0.25) is 0 Å². The molecule has 0 saturated carbocycles. The third-order valence-corrected chi connectivity index (χ3v) is 5.14. The SMILES string of the molecule is CO[C@@H]1OC(CS)[C@@H](O[C@@H]2OC(CS)C(O)CC(O)C2O)C(O)C1O. The first-order valence-corrected chi connectivity index (χ1v) is 9.21. The zero-order valence-corrected chi connectivity index (χ0v) is 15.4. The van der Waals surface area contributed by atoms with Crippen molar-refractivity contribution in [1.82, 2.24) is 0 Å². The molecule has 2 fully saturated rings. The van der Waals surface area contributed by atoms with Gasteiger partial charge in [0.25, 0.3) is 0 Å². The first-order valence-electron chi connectivity index (χ1n) is 7.95. The van der Waals surface area contributed by atoms with E-state index in [0.29, 0.717) is 0 Å². The van der Waals surface area contributed by atoms with Gasteiger partial charge in [0.05, 0.1) is 24.4 Å². The molecule has 7 unspecified atom stereocenters. The van der Waals surface area contributed by atoms with Crippen molar-refractivity contribution in [1.29, 1.82) is 0 Å². The highest BCUT2D eigenvalue weighted by molar-refractivity contribution is 7.80. The summed E-state index contributed by atoms with van der Waals surface area (Å²) in [5.74, 6) is 0.271. The van der Waals surface area contributed by atoms with Crippen LogP contribution < -0.4 is 0 Å². The highest BCUT2D eigenvalue weighted by Crippen LogP contribution is 2.29. The predicted molar refractivity (Wildman–Crippen MR) is 91.6 cm³/mol. The molecule has 0 amide bonds. The highest BCUT2D eigenvalue weighted by atomic mass is 32.1. The summed E-state index contributed by atoms with van der Waals surface area (Å²) in [5.41, 5.74) is 0. The molecule has 0 aromatic heterocycles. The fraction of sp³-hybridized carbons (Fsp3) is 1.00. The lowest BCUT2D eigenvalue weighted by atomic mass is 9.99. The van der Waals surface area contributed by atoms with E-state index in [-0.39, 0.29) is 17.9 Å². The minimum absolute atomic E-state index is 0.111. The van der Waals surface area contributed by atoms with Crippen LogP contribution in [0.5, 0.6) is 0 Å². The first-order chi connectivity index (χ1) is 11.8. The monoisotopic (exact) mass is 402 g/mol. The van der Waals surface area contributed by atoms with Crippen molar-refractivity contribution in [2.75, 3.05) is 18.6 Å². The van der Waals surface area contributed by atoms with Gasteiger partial charge in [0.2, 0.25) is 0 Å². The summed E-state index contributed by atoms with van der Waals surface area (Å²) in [5, 5.41) is 50.6. The summed E-state index contributed by atoms with van der Waals surface area (Å²) in [7, 11) is 1.32. The average molecular weight is 402 g/mol. The molecule has 10 atom stereocenters. The summed E-state index contributed by atoms with van der Waals surface area (Å²) in [6, 6.07) is 0. The molecule has 11 heteroatoms.